The zero-order chi connectivity index (χ0) is 16.8. The van der Waals surface area contributed by atoms with Gasteiger partial charge in [0.15, 0.2) is 0 Å². The van der Waals surface area contributed by atoms with Gasteiger partial charge in [-0.05, 0) is 31.5 Å². The molecule has 2 aromatic rings. The lowest BCUT2D eigenvalue weighted by Crippen LogP contribution is -2.21. The molecule has 1 aromatic heterocycles. The summed E-state index contributed by atoms with van der Waals surface area (Å²) in [5, 5.41) is 6.14. The van der Waals surface area contributed by atoms with Crippen molar-refractivity contribution in [3.63, 3.8) is 0 Å². The second-order valence-corrected chi connectivity index (χ2v) is 7.42. The zero-order valence-corrected chi connectivity index (χ0v) is 15.1. The van der Waals surface area contributed by atoms with Gasteiger partial charge in [0.1, 0.15) is 5.00 Å². The number of thioether (sulfide) groups is 1. The molecule has 0 aliphatic heterocycles. The van der Waals surface area contributed by atoms with Gasteiger partial charge in [-0.15, -0.1) is 23.1 Å². The standard InChI is InChI=1S/C17H20N2O2S2/c1-11-12(2)23-17(15(11)16(21)18-3)19-14(20)9-10-22-13-7-5-4-6-8-13/h4-8H,9-10H2,1-3H3,(H,18,21)(H,19,20). The lowest BCUT2D eigenvalue weighted by molar-refractivity contribution is -0.115. The number of nitrogens with one attached hydrogen (secondary N) is 2. The number of hydrogen-bond acceptors (Lipinski definition) is 4. The smallest absolute Gasteiger partial charge is 0.254 e. The summed E-state index contributed by atoms with van der Waals surface area (Å²) in [6, 6.07) is 9.99. The minimum absolute atomic E-state index is 0.0696. The van der Waals surface area contributed by atoms with Gasteiger partial charge in [-0.2, -0.15) is 0 Å². The first-order valence-electron chi connectivity index (χ1n) is 7.32. The number of benzene rings is 1. The molecule has 6 heteroatoms. The first kappa shape index (κ1) is 17.6. The maximum absolute atomic E-state index is 12.1. The topological polar surface area (TPSA) is 58.2 Å². The predicted molar refractivity (Wildman–Crippen MR) is 97.6 cm³/mol. The summed E-state index contributed by atoms with van der Waals surface area (Å²) in [5.41, 5.74) is 1.49. The van der Waals surface area contributed by atoms with Crippen LogP contribution in [0.5, 0.6) is 0 Å². The van der Waals surface area contributed by atoms with E-state index in [2.05, 4.69) is 10.6 Å². The Morgan fingerprint density at radius 1 is 1.17 bits per heavy atom. The summed E-state index contributed by atoms with van der Waals surface area (Å²) >= 11 is 3.09. The molecule has 4 nitrogen and oxygen atoms in total. The van der Waals surface area contributed by atoms with Crippen molar-refractivity contribution < 1.29 is 9.59 Å². The second-order valence-electron chi connectivity index (χ2n) is 5.03. The zero-order valence-electron chi connectivity index (χ0n) is 13.4. The molecule has 0 saturated carbocycles. The maximum Gasteiger partial charge on any atom is 0.254 e. The highest BCUT2D eigenvalue weighted by Crippen LogP contribution is 2.32. The van der Waals surface area contributed by atoms with Gasteiger partial charge in [-0.1, -0.05) is 18.2 Å². The lowest BCUT2D eigenvalue weighted by atomic mass is 10.1. The van der Waals surface area contributed by atoms with Crippen LogP contribution in [-0.2, 0) is 4.79 Å². The molecule has 0 spiro atoms. The van der Waals surface area contributed by atoms with Gasteiger partial charge in [-0.25, -0.2) is 0 Å². The van der Waals surface area contributed by atoms with Crippen LogP contribution in [0.4, 0.5) is 5.00 Å². The number of thiophene rings is 1. The van der Waals surface area contributed by atoms with Gasteiger partial charge >= 0.3 is 0 Å². The van der Waals surface area contributed by atoms with Crippen molar-refractivity contribution in [3.8, 4) is 0 Å². The molecule has 0 radical (unpaired) electrons. The van der Waals surface area contributed by atoms with E-state index < -0.39 is 0 Å². The van der Waals surface area contributed by atoms with E-state index in [1.54, 1.807) is 18.8 Å². The largest absolute Gasteiger partial charge is 0.355 e. The molecule has 122 valence electrons. The Bertz CT molecular complexity index is 696. The van der Waals surface area contributed by atoms with Crippen molar-refractivity contribution >= 4 is 39.9 Å². The van der Waals surface area contributed by atoms with Crippen molar-refractivity contribution in [2.75, 3.05) is 18.1 Å². The third-order valence-electron chi connectivity index (χ3n) is 3.43. The van der Waals surface area contributed by atoms with Crippen LogP contribution in [0.25, 0.3) is 0 Å². The van der Waals surface area contributed by atoms with Gasteiger partial charge in [0.2, 0.25) is 5.91 Å². The van der Waals surface area contributed by atoms with Crippen molar-refractivity contribution in [3.05, 3.63) is 46.3 Å². The molecule has 0 saturated heterocycles. The van der Waals surface area contributed by atoms with E-state index in [0.717, 1.165) is 15.3 Å². The van der Waals surface area contributed by atoms with E-state index in [1.807, 2.05) is 44.2 Å². The highest BCUT2D eigenvalue weighted by atomic mass is 32.2. The third kappa shape index (κ3) is 4.59. The second kappa shape index (κ2) is 8.17. The van der Waals surface area contributed by atoms with Crippen molar-refractivity contribution in [1.82, 2.24) is 5.32 Å². The molecule has 0 fully saturated rings. The highest BCUT2D eigenvalue weighted by molar-refractivity contribution is 7.99. The van der Waals surface area contributed by atoms with Crippen LogP contribution >= 0.6 is 23.1 Å². The van der Waals surface area contributed by atoms with Gasteiger partial charge in [0, 0.05) is 29.0 Å². The van der Waals surface area contributed by atoms with Crippen LogP contribution in [0.15, 0.2) is 35.2 Å². The van der Waals surface area contributed by atoms with Crippen LogP contribution < -0.4 is 10.6 Å². The minimum Gasteiger partial charge on any atom is -0.355 e. The van der Waals surface area contributed by atoms with Crippen LogP contribution in [0.2, 0.25) is 0 Å². The van der Waals surface area contributed by atoms with E-state index in [-0.39, 0.29) is 11.8 Å². The summed E-state index contributed by atoms with van der Waals surface area (Å²) in [6.45, 7) is 3.85. The van der Waals surface area contributed by atoms with Gasteiger partial charge in [0.25, 0.3) is 5.91 Å². The van der Waals surface area contributed by atoms with E-state index >= 15 is 0 Å². The summed E-state index contributed by atoms with van der Waals surface area (Å²) in [7, 11) is 1.59. The van der Waals surface area contributed by atoms with Crippen LogP contribution in [0.3, 0.4) is 0 Å². The van der Waals surface area contributed by atoms with Crippen molar-refractivity contribution in [2.45, 2.75) is 25.2 Å². The normalized spacial score (nSPS) is 10.4. The fourth-order valence-corrected chi connectivity index (χ4v) is 4.03. The summed E-state index contributed by atoms with van der Waals surface area (Å²) in [5.74, 6) is 0.467. The lowest BCUT2D eigenvalue weighted by Gasteiger charge is -2.06. The molecule has 23 heavy (non-hydrogen) atoms. The number of hydrogen-bond donors (Lipinski definition) is 2. The number of rotatable bonds is 6. The quantitative estimate of drug-likeness (QED) is 0.780. The molecule has 0 aliphatic carbocycles. The monoisotopic (exact) mass is 348 g/mol. The maximum atomic E-state index is 12.1. The van der Waals surface area contributed by atoms with Crippen LogP contribution in [-0.4, -0.2) is 24.6 Å². The fourth-order valence-electron chi connectivity index (χ4n) is 2.08. The van der Waals surface area contributed by atoms with Crippen molar-refractivity contribution in [1.29, 1.82) is 0 Å². The van der Waals surface area contributed by atoms with Gasteiger partial charge < -0.3 is 10.6 Å². The number of carbonyl (C=O) groups excluding carboxylic acids is 2. The van der Waals surface area contributed by atoms with E-state index in [4.69, 9.17) is 0 Å². The minimum atomic E-state index is -0.166. The molecule has 2 rings (SSSR count). The van der Waals surface area contributed by atoms with E-state index in [1.165, 1.54) is 11.3 Å². The Balaban J connectivity index is 1.95. The summed E-state index contributed by atoms with van der Waals surface area (Å²) in [6.07, 6.45) is 0.405. The molecule has 0 aliphatic rings. The average Bonchev–Trinajstić information content (AvgIpc) is 2.82. The SMILES string of the molecule is CNC(=O)c1c(NC(=O)CCSc2ccccc2)sc(C)c1C. The van der Waals surface area contributed by atoms with Gasteiger partial charge in [0.05, 0.1) is 5.56 Å². The number of amides is 2. The Morgan fingerprint density at radius 2 is 1.87 bits per heavy atom. The molecule has 1 aromatic carbocycles. The molecular formula is C17H20N2O2S2. The van der Waals surface area contributed by atoms with E-state index in [9.17, 15) is 9.59 Å². The first-order valence-corrected chi connectivity index (χ1v) is 9.13. The number of carbonyl (C=O) groups is 2. The fraction of sp³-hybridized carbons (Fsp3) is 0.294. The molecule has 0 unspecified atom stereocenters. The first-order chi connectivity index (χ1) is 11.0. The average molecular weight is 348 g/mol. The number of anilines is 1. The van der Waals surface area contributed by atoms with Crippen LogP contribution in [0, 0.1) is 13.8 Å². The molecular weight excluding hydrogens is 328 g/mol. The van der Waals surface area contributed by atoms with Crippen molar-refractivity contribution in [2.24, 2.45) is 0 Å². The van der Waals surface area contributed by atoms with E-state index in [0.29, 0.717) is 22.7 Å². The summed E-state index contributed by atoms with van der Waals surface area (Å²) in [4.78, 5) is 26.3. The highest BCUT2D eigenvalue weighted by Gasteiger charge is 2.19. The van der Waals surface area contributed by atoms with Crippen LogP contribution in [0.1, 0.15) is 27.2 Å². The third-order valence-corrected chi connectivity index (χ3v) is 5.57. The molecule has 2 N–H and O–H groups in total. The Morgan fingerprint density at radius 3 is 2.52 bits per heavy atom. The van der Waals surface area contributed by atoms with Gasteiger partial charge in [-0.3, -0.25) is 9.59 Å². The molecule has 2 amide bonds. The Kier molecular flexibility index (Phi) is 6.24. The molecule has 1 heterocycles. The Labute approximate surface area is 144 Å². The molecule has 0 atom stereocenters. The molecule has 0 bridgehead atoms. The number of aryl methyl sites for hydroxylation is 1. The summed E-state index contributed by atoms with van der Waals surface area (Å²) < 4.78 is 0. The predicted octanol–water partition coefficient (Wildman–Crippen LogP) is 3.85. The Hall–Kier alpha value is -1.79.